The van der Waals surface area contributed by atoms with Gasteiger partial charge in [0.1, 0.15) is 30.6 Å². The van der Waals surface area contributed by atoms with E-state index in [-0.39, 0.29) is 6.42 Å². The summed E-state index contributed by atoms with van der Waals surface area (Å²) in [6, 6.07) is 2.14. The van der Waals surface area contributed by atoms with Crippen molar-refractivity contribution in [2.45, 2.75) is 38.8 Å². The smallest absolute Gasteiger partial charge is 0.408 e. The summed E-state index contributed by atoms with van der Waals surface area (Å²) in [5.41, 5.74) is -0.142. The molecule has 1 atom stereocenters. The molecule has 0 radical (unpaired) electrons. The Bertz CT molecular complexity index is 651. The highest BCUT2D eigenvalue weighted by molar-refractivity contribution is 5.80. The molecule has 1 aromatic rings. The van der Waals surface area contributed by atoms with E-state index in [1.54, 1.807) is 32.9 Å². The highest BCUT2D eigenvalue weighted by Gasteiger charge is 2.26. The number of carboxylic acids is 1. The Morgan fingerprint density at radius 1 is 1.24 bits per heavy atom. The Balaban J connectivity index is 2.18. The van der Waals surface area contributed by atoms with E-state index in [2.05, 4.69) is 5.32 Å². The summed E-state index contributed by atoms with van der Waals surface area (Å²) in [4.78, 5) is 23.4. The first-order valence-electron chi connectivity index (χ1n) is 7.88. The summed E-state index contributed by atoms with van der Waals surface area (Å²) in [7, 11) is 1.48. The van der Waals surface area contributed by atoms with Gasteiger partial charge >= 0.3 is 12.1 Å². The number of hydrogen-bond donors (Lipinski definition) is 2. The molecule has 0 aromatic heterocycles. The van der Waals surface area contributed by atoms with Gasteiger partial charge in [0.2, 0.25) is 0 Å². The van der Waals surface area contributed by atoms with Crippen LogP contribution < -0.4 is 19.5 Å². The van der Waals surface area contributed by atoms with E-state index < -0.39 is 23.7 Å². The molecule has 1 unspecified atom stereocenters. The Morgan fingerprint density at radius 2 is 1.84 bits per heavy atom. The number of methoxy groups -OCH3 is 1. The molecule has 138 valence electrons. The van der Waals surface area contributed by atoms with Crippen molar-refractivity contribution in [1.29, 1.82) is 0 Å². The van der Waals surface area contributed by atoms with E-state index in [1.807, 2.05) is 0 Å². The van der Waals surface area contributed by atoms with E-state index >= 15 is 0 Å². The largest absolute Gasteiger partial charge is 0.496 e. The number of rotatable bonds is 5. The molecule has 2 rings (SSSR count). The van der Waals surface area contributed by atoms with E-state index in [0.29, 0.717) is 36.0 Å². The van der Waals surface area contributed by atoms with Gasteiger partial charge in [-0.2, -0.15) is 0 Å². The summed E-state index contributed by atoms with van der Waals surface area (Å²) < 4.78 is 21.4. The van der Waals surface area contributed by atoms with Crippen molar-refractivity contribution in [2.75, 3.05) is 20.3 Å². The van der Waals surface area contributed by atoms with Crippen LogP contribution in [0.2, 0.25) is 0 Å². The molecule has 0 spiro atoms. The van der Waals surface area contributed by atoms with Crippen LogP contribution in [-0.2, 0) is 16.0 Å². The molecule has 8 heteroatoms. The lowest BCUT2D eigenvalue weighted by Gasteiger charge is -2.23. The van der Waals surface area contributed by atoms with Gasteiger partial charge in [-0.15, -0.1) is 0 Å². The van der Waals surface area contributed by atoms with Crippen LogP contribution in [0.15, 0.2) is 12.1 Å². The molecule has 0 bridgehead atoms. The van der Waals surface area contributed by atoms with Crippen LogP contribution in [-0.4, -0.2) is 49.1 Å². The van der Waals surface area contributed by atoms with Crippen LogP contribution >= 0.6 is 0 Å². The Labute approximate surface area is 146 Å². The lowest BCUT2D eigenvalue weighted by Crippen LogP contribution is -2.44. The molecule has 0 fully saturated rings. The number of alkyl carbamates (subject to hydrolysis) is 1. The number of fused-ring (bicyclic) bond motifs is 1. The molecule has 0 saturated heterocycles. The van der Waals surface area contributed by atoms with Crippen molar-refractivity contribution >= 4 is 12.1 Å². The standard InChI is InChI=1S/C17H23NO7/c1-17(2,3)25-16(21)18-11(15(19)20)7-10-8-13-14(9-12(10)22-4)24-6-5-23-13/h8-9,11H,5-7H2,1-4H3,(H,18,21)(H,19,20). The Hall–Kier alpha value is -2.64. The molecular formula is C17H23NO7. The summed E-state index contributed by atoms with van der Waals surface area (Å²) in [5.74, 6) is 0.339. The van der Waals surface area contributed by atoms with Gasteiger partial charge in [-0.1, -0.05) is 0 Å². The zero-order valence-electron chi connectivity index (χ0n) is 14.8. The predicted molar refractivity (Wildman–Crippen MR) is 88.5 cm³/mol. The van der Waals surface area contributed by atoms with Crippen LogP contribution in [0, 0.1) is 0 Å². The Morgan fingerprint density at radius 3 is 2.36 bits per heavy atom. The number of carboxylic acid groups (broad SMARTS) is 1. The van der Waals surface area contributed by atoms with E-state index in [9.17, 15) is 14.7 Å². The minimum absolute atomic E-state index is 0.00832. The SMILES string of the molecule is COc1cc2c(cc1CC(NC(=O)OC(C)(C)C)C(=O)O)OCCO2. The fourth-order valence-electron chi connectivity index (χ4n) is 2.33. The quantitative estimate of drug-likeness (QED) is 0.834. The maximum absolute atomic E-state index is 11.9. The van der Waals surface area contributed by atoms with Gasteiger partial charge < -0.3 is 29.4 Å². The minimum Gasteiger partial charge on any atom is -0.496 e. The monoisotopic (exact) mass is 353 g/mol. The molecule has 1 heterocycles. The normalized spacial score (nSPS) is 14.4. The maximum Gasteiger partial charge on any atom is 0.408 e. The van der Waals surface area contributed by atoms with E-state index in [1.165, 1.54) is 7.11 Å². The van der Waals surface area contributed by atoms with E-state index in [4.69, 9.17) is 18.9 Å². The zero-order valence-corrected chi connectivity index (χ0v) is 14.8. The number of ether oxygens (including phenoxy) is 4. The molecule has 0 saturated carbocycles. The first-order valence-corrected chi connectivity index (χ1v) is 7.88. The summed E-state index contributed by atoms with van der Waals surface area (Å²) in [5, 5.41) is 11.8. The highest BCUT2D eigenvalue weighted by Crippen LogP contribution is 2.37. The molecule has 1 amide bonds. The average Bonchev–Trinajstić information content (AvgIpc) is 2.51. The van der Waals surface area contributed by atoms with Crippen LogP contribution in [0.25, 0.3) is 0 Å². The molecule has 8 nitrogen and oxygen atoms in total. The number of amides is 1. The van der Waals surface area contributed by atoms with Crippen molar-refractivity contribution in [3.05, 3.63) is 17.7 Å². The van der Waals surface area contributed by atoms with Gasteiger partial charge in [0.05, 0.1) is 7.11 Å². The number of nitrogens with one attached hydrogen (secondary N) is 1. The van der Waals surface area contributed by atoms with Crippen molar-refractivity contribution in [2.24, 2.45) is 0 Å². The van der Waals surface area contributed by atoms with Gasteiger partial charge in [0.25, 0.3) is 0 Å². The Kier molecular flexibility index (Phi) is 5.61. The highest BCUT2D eigenvalue weighted by atomic mass is 16.6. The summed E-state index contributed by atoms with van der Waals surface area (Å²) >= 11 is 0. The molecule has 1 aliphatic rings. The second-order valence-corrected chi connectivity index (χ2v) is 6.55. The lowest BCUT2D eigenvalue weighted by molar-refractivity contribution is -0.139. The summed E-state index contributed by atoms with van der Waals surface area (Å²) in [6.45, 7) is 5.95. The van der Waals surface area contributed by atoms with Crippen molar-refractivity contribution in [1.82, 2.24) is 5.32 Å². The second kappa shape index (κ2) is 7.50. The molecular weight excluding hydrogens is 330 g/mol. The molecule has 1 aromatic carbocycles. The third-order valence-electron chi connectivity index (χ3n) is 3.36. The number of carbonyl (C=O) groups excluding carboxylic acids is 1. The molecule has 2 N–H and O–H groups in total. The van der Waals surface area contributed by atoms with Gasteiger partial charge in [-0.3, -0.25) is 0 Å². The van der Waals surface area contributed by atoms with Crippen molar-refractivity contribution in [3.63, 3.8) is 0 Å². The predicted octanol–water partition coefficient (Wildman–Crippen LogP) is 1.99. The van der Waals surface area contributed by atoms with Crippen LogP contribution in [0.5, 0.6) is 17.2 Å². The van der Waals surface area contributed by atoms with Crippen molar-refractivity contribution < 1.29 is 33.6 Å². The topological polar surface area (TPSA) is 103 Å². The minimum atomic E-state index is -1.18. The number of aliphatic carboxylic acids is 1. The molecule has 1 aliphatic heterocycles. The number of benzene rings is 1. The fraction of sp³-hybridized carbons (Fsp3) is 0.529. The maximum atomic E-state index is 11.9. The van der Waals surface area contributed by atoms with Gasteiger partial charge in [-0.25, -0.2) is 9.59 Å². The first kappa shape index (κ1) is 18.7. The van der Waals surface area contributed by atoms with Crippen LogP contribution in [0.3, 0.4) is 0 Å². The number of hydrogen-bond acceptors (Lipinski definition) is 6. The van der Waals surface area contributed by atoms with Crippen LogP contribution in [0.1, 0.15) is 26.3 Å². The summed E-state index contributed by atoms with van der Waals surface area (Å²) in [6.07, 6.45) is -0.787. The fourth-order valence-corrected chi connectivity index (χ4v) is 2.33. The van der Waals surface area contributed by atoms with Gasteiger partial charge in [0, 0.05) is 18.1 Å². The molecule has 0 aliphatic carbocycles. The average molecular weight is 353 g/mol. The zero-order chi connectivity index (χ0) is 18.6. The first-order chi connectivity index (χ1) is 11.7. The number of carbonyl (C=O) groups is 2. The lowest BCUT2D eigenvalue weighted by atomic mass is 10.0. The third-order valence-corrected chi connectivity index (χ3v) is 3.36. The van der Waals surface area contributed by atoms with Gasteiger partial charge in [-0.05, 0) is 26.8 Å². The third kappa shape index (κ3) is 5.17. The molecule has 25 heavy (non-hydrogen) atoms. The van der Waals surface area contributed by atoms with Crippen LogP contribution in [0.4, 0.5) is 4.79 Å². The van der Waals surface area contributed by atoms with Gasteiger partial charge in [0.15, 0.2) is 11.5 Å². The van der Waals surface area contributed by atoms with Crippen molar-refractivity contribution in [3.8, 4) is 17.2 Å². The van der Waals surface area contributed by atoms with E-state index in [0.717, 1.165) is 0 Å². The second-order valence-electron chi connectivity index (χ2n) is 6.55.